The summed E-state index contributed by atoms with van der Waals surface area (Å²) in [6, 6.07) is 1.31. The van der Waals surface area contributed by atoms with E-state index in [0.29, 0.717) is 11.5 Å². The number of hydrogen-bond acceptors (Lipinski definition) is 5. The Bertz CT molecular complexity index is 574. The van der Waals surface area contributed by atoms with E-state index in [-0.39, 0.29) is 11.1 Å². The summed E-state index contributed by atoms with van der Waals surface area (Å²) in [4.78, 5) is 3.80. The van der Waals surface area contributed by atoms with E-state index in [9.17, 15) is 8.42 Å². The molecule has 0 bridgehead atoms. The summed E-state index contributed by atoms with van der Waals surface area (Å²) >= 11 is 0. The first-order chi connectivity index (χ1) is 8.65. The van der Waals surface area contributed by atoms with Gasteiger partial charge in [-0.2, -0.15) is 0 Å². The normalized spacial score (nSPS) is 16.2. The minimum Gasteiger partial charge on any atom is -0.486 e. The highest BCUT2D eigenvalue weighted by molar-refractivity contribution is 7.89. The summed E-state index contributed by atoms with van der Waals surface area (Å²) in [5.74, 6) is 0.795. The minimum atomic E-state index is -3.85. The number of aromatic nitrogens is 1. The van der Waals surface area contributed by atoms with Gasteiger partial charge in [0.25, 0.3) is 10.0 Å². The average molecular weight is 286 g/mol. The Morgan fingerprint density at radius 3 is 2.42 bits per heavy atom. The molecule has 2 N–H and O–H groups in total. The van der Waals surface area contributed by atoms with Crippen molar-refractivity contribution < 1.29 is 17.9 Å². The maximum atomic E-state index is 11.3. The monoisotopic (exact) mass is 286 g/mol. The molecule has 1 aromatic heterocycles. The van der Waals surface area contributed by atoms with E-state index in [0.717, 1.165) is 12.8 Å². The van der Waals surface area contributed by atoms with E-state index >= 15 is 0 Å². The van der Waals surface area contributed by atoms with E-state index in [1.165, 1.54) is 12.3 Å². The van der Waals surface area contributed by atoms with Gasteiger partial charge >= 0.3 is 0 Å². The van der Waals surface area contributed by atoms with Crippen LogP contribution in [0.25, 0.3) is 0 Å². The van der Waals surface area contributed by atoms with Crippen molar-refractivity contribution in [2.24, 2.45) is 5.14 Å². The van der Waals surface area contributed by atoms with Crippen molar-refractivity contribution in [3.05, 3.63) is 12.3 Å². The molecule has 1 aliphatic rings. The number of ether oxygens (including phenoxy) is 2. The number of hydrogen-bond donors (Lipinski definition) is 1. The molecule has 1 aromatic rings. The topological polar surface area (TPSA) is 91.5 Å². The van der Waals surface area contributed by atoms with E-state index in [2.05, 4.69) is 4.98 Å². The number of nitrogens with zero attached hydrogens (tertiary/aromatic N) is 1. The van der Waals surface area contributed by atoms with Crippen LogP contribution < -0.4 is 14.6 Å². The Hall–Kier alpha value is -1.34. The molecule has 0 aliphatic heterocycles. The molecular formula is C12H18N2O4S. The summed E-state index contributed by atoms with van der Waals surface area (Å²) in [5, 5.41) is 4.84. The van der Waals surface area contributed by atoms with Gasteiger partial charge in [-0.1, -0.05) is 0 Å². The Kier molecular flexibility index (Phi) is 3.44. The van der Waals surface area contributed by atoms with Gasteiger partial charge in [-0.05, 0) is 33.6 Å². The molecule has 0 aromatic carbocycles. The predicted molar refractivity (Wildman–Crippen MR) is 69.6 cm³/mol. The number of sulfonamides is 1. The zero-order valence-electron chi connectivity index (χ0n) is 11.2. The van der Waals surface area contributed by atoms with E-state index < -0.39 is 15.6 Å². The van der Waals surface area contributed by atoms with Crippen LogP contribution in [-0.2, 0) is 10.0 Å². The number of nitrogens with two attached hydrogens (primary N) is 1. The molecule has 1 fully saturated rings. The molecule has 0 amide bonds. The van der Waals surface area contributed by atoms with Crippen LogP contribution in [0, 0.1) is 0 Å². The van der Waals surface area contributed by atoms with E-state index in [1.54, 1.807) is 0 Å². The van der Waals surface area contributed by atoms with Crippen LogP contribution in [0.1, 0.15) is 33.6 Å². The smallest absolute Gasteiger partial charge is 0.255 e. The van der Waals surface area contributed by atoms with Crippen LogP contribution in [-0.4, -0.2) is 25.1 Å². The van der Waals surface area contributed by atoms with Crippen LogP contribution >= 0.6 is 0 Å². The summed E-state index contributed by atoms with van der Waals surface area (Å²) < 4.78 is 34.0. The SMILES string of the molecule is CC(C)(C)Oc1cnc(S(N)(=O)=O)cc1OC1CC1. The van der Waals surface area contributed by atoms with Crippen molar-refractivity contribution >= 4 is 10.0 Å². The largest absolute Gasteiger partial charge is 0.486 e. The number of rotatable bonds is 4. The Balaban J connectivity index is 2.36. The van der Waals surface area contributed by atoms with Crippen LogP contribution in [0.3, 0.4) is 0 Å². The quantitative estimate of drug-likeness (QED) is 0.904. The highest BCUT2D eigenvalue weighted by Crippen LogP contribution is 2.35. The molecule has 1 saturated carbocycles. The van der Waals surface area contributed by atoms with Gasteiger partial charge in [0, 0.05) is 6.07 Å². The van der Waals surface area contributed by atoms with Crippen molar-refractivity contribution in [2.75, 3.05) is 0 Å². The van der Waals surface area contributed by atoms with Gasteiger partial charge in [-0.25, -0.2) is 18.5 Å². The Morgan fingerprint density at radius 2 is 1.95 bits per heavy atom. The fourth-order valence-electron chi connectivity index (χ4n) is 1.43. The molecule has 19 heavy (non-hydrogen) atoms. The lowest BCUT2D eigenvalue weighted by Gasteiger charge is -2.23. The van der Waals surface area contributed by atoms with Gasteiger partial charge in [0.05, 0.1) is 12.3 Å². The fraction of sp³-hybridized carbons (Fsp3) is 0.583. The lowest BCUT2D eigenvalue weighted by molar-refractivity contribution is 0.121. The molecule has 0 unspecified atom stereocenters. The third-order valence-corrected chi connectivity index (χ3v) is 3.14. The van der Waals surface area contributed by atoms with Gasteiger partial charge in [0.2, 0.25) is 0 Å². The zero-order valence-corrected chi connectivity index (χ0v) is 12.0. The minimum absolute atomic E-state index is 0.123. The summed E-state index contributed by atoms with van der Waals surface area (Å²) in [5.41, 5.74) is -0.424. The molecule has 0 saturated heterocycles. The van der Waals surface area contributed by atoms with Crippen LogP contribution in [0.5, 0.6) is 11.5 Å². The summed E-state index contributed by atoms with van der Waals surface area (Å²) in [7, 11) is -3.85. The fourth-order valence-corrected chi connectivity index (χ4v) is 1.90. The average Bonchev–Trinajstić information content (AvgIpc) is 3.00. The van der Waals surface area contributed by atoms with E-state index in [1.807, 2.05) is 20.8 Å². The highest BCUT2D eigenvalue weighted by Gasteiger charge is 2.27. The standard InChI is InChI=1S/C12H18N2O4S/c1-12(2,3)18-10-7-14-11(19(13,15)16)6-9(10)17-8-4-5-8/h6-8H,4-5H2,1-3H3,(H2,13,15,16). The van der Waals surface area contributed by atoms with Gasteiger partial charge in [0.1, 0.15) is 5.60 Å². The lowest BCUT2D eigenvalue weighted by atomic mass is 10.2. The predicted octanol–water partition coefficient (Wildman–Crippen LogP) is 1.45. The third-order valence-electron chi connectivity index (χ3n) is 2.33. The van der Waals surface area contributed by atoms with Gasteiger partial charge in [-0.15, -0.1) is 0 Å². The molecular weight excluding hydrogens is 268 g/mol. The first-order valence-electron chi connectivity index (χ1n) is 6.04. The lowest BCUT2D eigenvalue weighted by Crippen LogP contribution is -2.24. The number of pyridine rings is 1. The molecule has 0 spiro atoms. The van der Waals surface area contributed by atoms with Crippen LogP contribution in [0.4, 0.5) is 0 Å². The van der Waals surface area contributed by atoms with Crippen molar-refractivity contribution in [3.63, 3.8) is 0 Å². The molecule has 1 aliphatic carbocycles. The number of primary sulfonamides is 1. The van der Waals surface area contributed by atoms with Gasteiger partial charge < -0.3 is 9.47 Å². The molecule has 106 valence electrons. The third kappa shape index (κ3) is 4.07. The Morgan fingerprint density at radius 1 is 1.32 bits per heavy atom. The van der Waals surface area contributed by atoms with Gasteiger partial charge in [0.15, 0.2) is 16.5 Å². The molecule has 1 heterocycles. The molecule has 2 rings (SSSR count). The van der Waals surface area contributed by atoms with Crippen molar-refractivity contribution in [2.45, 2.75) is 50.3 Å². The van der Waals surface area contributed by atoms with Crippen LogP contribution in [0.15, 0.2) is 17.3 Å². The maximum absolute atomic E-state index is 11.3. The van der Waals surface area contributed by atoms with E-state index in [4.69, 9.17) is 14.6 Å². The Labute approximate surface area is 113 Å². The second kappa shape index (κ2) is 4.64. The van der Waals surface area contributed by atoms with Crippen molar-refractivity contribution in [3.8, 4) is 11.5 Å². The maximum Gasteiger partial charge on any atom is 0.255 e. The first-order valence-corrected chi connectivity index (χ1v) is 7.58. The molecule has 0 atom stereocenters. The summed E-state index contributed by atoms with van der Waals surface area (Å²) in [6.07, 6.45) is 3.38. The molecule has 7 heteroatoms. The van der Waals surface area contributed by atoms with Crippen LogP contribution in [0.2, 0.25) is 0 Å². The second-order valence-electron chi connectivity index (χ2n) is 5.55. The first kappa shape index (κ1) is 14.1. The zero-order chi connectivity index (χ0) is 14.3. The van der Waals surface area contributed by atoms with Gasteiger partial charge in [-0.3, -0.25) is 0 Å². The molecule has 6 nitrogen and oxygen atoms in total. The molecule has 0 radical (unpaired) electrons. The highest BCUT2D eigenvalue weighted by atomic mass is 32.2. The van der Waals surface area contributed by atoms with Crippen molar-refractivity contribution in [1.29, 1.82) is 0 Å². The van der Waals surface area contributed by atoms with Crippen molar-refractivity contribution in [1.82, 2.24) is 4.98 Å². The second-order valence-corrected chi connectivity index (χ2v) is 7.05. The summed E-state index contributed by atoms with van der Waals surface area (Å²) in [6.45, 7) is 5.67.